The Morgan fingerprint density at radius 3 is 1.56 bits per heavy atom. The maximum Gasteiger partial charge on any atom is 0.200 e. The van der Waals surface area contributed by atoms with Gasteiger partial charge in [0.05, 0.1) is 12.7 Å². The molecule has 3 heteroatoms. The van der Waals surface area contributed by atoms with E-state index in [1.807, 2.05) is 6.92 Å². The highest BCUT2D eigenvalue weighted by Gasteiger charge is 2.45. The third-order valence-electron chi connectivity index (χ3n) is 3.70. The lowest BCUT2D eigenvalue weighted by molar-refractivity contribution is 0.0945. The summed E-state index contributed by atoms with van der Waals surface area (Å²) in [4.78, 5) is 0. The Hall–Kier alpha value is 0.137. The molecule has 0 aromatic rings. The van der Waals surface area contributed by atoms with Crippen LogP contribution in [-0.2, 0) is 4.43 Å². The highest BCUT2D eigenvalue weighted by molar-refractivity contribution is 6.77. The topological polar surface area (TPSA) is 29.5 Å². The van der Waals surface area contributed by atoms with Crippen molar-refractivity contribution in [1.29, 1.82) is 0 Å². The van der Waals surface area contributed by atoms with Crippen LogP contribution in [0.5, 0.6) is 0 Å². The smallest absolute Gasteiger partial charge is 0.200 e. The summed E-state index contributed by atoms with van der Waals surface area (Å²) in [5, 5.41) is 9.66. The molecule has 0 amide bonds. The Morgan fingerprint density at radius 1 is 0.938 bits per heavy atom. The van der Waals surface area contributed by atoms with Gasteiger partial charge < -0.3 is 9.53 Å². The molecule has 0 aliphatic heterocycles. The van der Waals surface area contributed by atoms with Crippen LogP contribution in [0.4, 0.5) is 0 Å². The van der Waals surface area contributed by atoms with Crippen molar-refractivity contribution < 1.29 is 9.53 Å². The first-order chi connectivity index (χ1) is 7.28. The monoisotopic (exact) mass is 246 g/mol. The zero-order valence-corrected chi connectivity index (χ0v) is 13.1. The van der Waals surface area contributed by atoms with E-state index in [0.29, 0.717) is 23.2 Å². The van der Waals surface area contributed by atoms with E-state index < -0.39 is 8.32 Å². The standard InChI is InChI=1S/C13H30O2Si/c1-8-13(14)9-15-16(10(2)3,11(4)5)12(6)7/h10-14H,8-9H2,1-7H3/t13-/m0/s1. The maximum absolute atomic E-state index is 9.66. The Morgan fingerprint density at radius 2 is 1.31 bits per heavy atom. The zero-order valence-electron chi connectivity index (χ0n) is 12.1. The SMILES string of the molecule is CC[C@H](O)CO[Si](C(C)C)(C(C)C)C(C)C. The molecular weight excluding hydrogens is 216 g/mol. The van der Waals surface area contributed by atoms with Crippen LogP contribution >= 0.6 is 0 Å². The molecule has 0 saturated heterocycles. The van der Waals surface area contributed by atoms with E-state index in [1.54, 1.807) is 0 Å². The molecule has 0 aromatic heterocycles. The number of hydrogen-bond donors (Lipinski definition) is 1. The second-order valence-corrected chi connectivity index (χ2v) is 11.2. The summed E-state index contributed by atoms with van der Waals surface area (Å²) in [6.45, 7) is 16.1. The quantitative estimate of drug-likeness (QED) is 0.689. The fourth-order valence-electron chi connectivity index (χ4n) is 2.86. The van der Waals surface area contributed by atoms with Gasteiger partial charge in [-0.15, -0.1) is 0 Å². The van der Waals surface area contributed by atoms with Crippen molar-refractivity contribution in [2.75, 3.05) is 6.61 Å². The molecule has 0 saturated carbocycles. The Bertz CT molecular complexity index is 169. The van der Waals surface area contributed by atoms with E-state index in [0.717, 1.165) is 6.42 Å². The molecule has 98 valence electrons. The molecule has 16 heavy (non-hydrogen) atoms. The minimum absolute atomic E-state index is 0.303. The van der Waals surface area contributed by atoms with Gasteiger partial charge in [-0.25, -0.2) is 0 Å². The van der Waals surface area contributed by atoms with Crippen LogP contribution in [0, 0.1) is 0 Å². The summed E-state index contributed by atoms with van der Waals surface area (Å²) in [6.07, 6.45) is 0.474. The van der Waals surface area contributed by atoms with Gasteiger partial charge in [-0.3, -0.25) is 0 Å². The molecule has 1 atom stereocenters. The average molecular weight is 246 g/mol. The van der Waals surface area contributed by atoms with E-state index in [2.05, 4.69) is 41.5 Å². The minimum Gasteiger partial charge on any atom is -0.413 e. The van der Waals surface area contributed by atoms with Crippen LogP contribution in [0.15, 0.2) is 0 Å². The lowest BCUT2D eigenvalue weighted by Gasteiger charge is -2.42. The third-order valence-corrected chi connectivity index (χ3v) is 9.78. The second kappa shape index (κ2) is 6.77. The summed E-state index contributed by atoms with van der Waals surface area (Å²) < 4.78 is 6.26. The lowest BCUT2D eigenvalue weighted by Crippen LogP contribution is -2.49. The summed E-state index contributed by atoms with van der Waals surface area (Å²) in [5.41, 5.74) is 1.78. The molecule has 0 bridgehead atoms. The summed E-state index contributed by atoms with van der Waals surface area (Å²) in [6, 6.07) is 0. The van der Waals surface area contributed by atoms with Gasteiger partial charge in [-0.2, -0.15) is 0 Å². The van der Waals surface area contributed by atoms with Gasteiger partial charge in [0.1, 0.15) is 0 Å². The molecule has 0 radical (unpaired) electrons. The van der Waals surface area contributed by atoms with Gasteiger partial charge in [0.15, 0.2) is 8.32 Å². The molecule has 1 N–H and O–H groups in total. The summed E-state index contributed by atoms with van der Waals surface area (Å²) in [5.74, 6) is 0. The van der Waals surface area contributed by atoms with Crippen molar-refractivity contribution in [2.24, 2.45) is 0 Å². The molecule has 0 aliphatic rings. The van der Waals surface area contributed by atoms with E-state index in [1.165, 1.54) is 0 Å². The highest BCUT2D eigenvalue weighted by Crippen LogP contribution is 2.42. The lowest BCUT2D eigenvalue weighted by atomic mass is 10.3. The van der Waals surface area contributed by atoms with E-state index in [-0.39, 0.29) is 6.10 Å². The average Bonchev–Trinajstić information content (AvgIpc) is 2.16. The van der Waals surface area contributed by atoms with E-state index in [9.17, 15) is 5.11 Å². The molecule has 0 fully saturated rings. The van der Waals surface area contributed by atoms with Crippen molar-refractivity contribution in [3.8, 4) is 0 Å². The van der Waals surface area contributed by atoms with Gasteiger partial charge in [0, 0.05) is 0 Å². The van der Waals surface area contributed by atoms with Crippen LogP contribution in [0.25, 0.3) is 0 Å². The van der Waals surface area contributed by atoms with E-state index >= 15 is 0 Å². The van der Waals surface area contributed by atoms with Crippen LogP contribution in [0.3, 0.4) is 0 Å². The highest BCUT2D eigenvalue weighted by atomic mass is 28.4. The molecule has 0 spiro atoms. The van der Waals surface area contributed by atoms with E-state index in [4.69, 9.17) is 4.43 Å². The van der Waals surface area contributed by atoms with Crippen molar-refractivity contribution in [3.05, 3.63) is 0 Å². The Labute approximate surface area is 103 Å². The van der Waals surface area contributed by atoms with Gasteiger partial charge in [0.2, 0.25) is 0 Å². The van der Waals surface area contributed by atoms with Gasteiger partial charge in [-0.05, 0) is 23.0 Å². The van der Waals surface area contributed by atoms with Gasteiger partial charge in [0.25, 0.3) is 0 Å². The van der Waals surface area contributed by atoms with Crippen molar-refractivity contribution >= 4 is 8.32 Å². The Balaban J connectivity index is 4.77. The third kappa shape index (κ3) is 3.57. The predicted octanol–water partition coefficient (Wildman–Crippen LogP) is 3.95. The Kier molecular flexibility index (Phi) is 6.83. The van der Waals surface area contributed by atoms with Crippen LogP contribution in [-0.4, -0.2) is 26.1 Å². The first-order valence-electron chi connectivity index (χ1n) is 6.60. The number of aliphatic hydroxyl groups is 1. The molecule has 0 heterocycles. The van der Waals surface area contributed by atoms with Crippen molar-refractivity contribution in [2.45, 2.75) is 77.6 Å². The first-order valence-corrected chi connectivity index (χ1v) is 8.75. The zero-order chi connectivity index (χ0) is 12.9. The molecule has 0 unspecified atom stereocenters. The molecule has 2 nitrogen and oxygen atoms in total. The fourth-order valence-corrected chi connectivity index (χ4v) is 8.34. The van der Waals surface area contributed by atoms with Crippen molar-refractivity contribution in [1.82, 2.24) is 0 Å². The maximum atomic E-state index is 9.66. The normalized spacial score (nSPS) is 15.2. The van der Waals surface area contributed by atoms with Crippen LogP contribution in [0.1, 0.15) is 54.9 Å². The summed E-state index contributed by atoms with van der Waals surface area (Å²) in [7, 11) is -1.77. The van der Waals surface area contributed by atoms with Crippen molar-refractivity contribution in [3.63, 3.8) is 0 Å². The van der Waals surface area contributed by atoms with Gasteiger partial charge >= 0.3 is 0 Å². The van der Waals surface area contributed by atoms with Crippen LogP contribution in [0.2, 0.25) is 16.6 Å². The van der Waals surface area contributed by atoms with Gasteiger partial charge in [-0.1, -0.05) is 48.5 Å². The fraction of sp³-hybridized carbons (Fsp3) is 1.00. The molecular formula is C13H30O2Si. The minimum atomic E-state index is -1.77. The molecule has 0 rings (SSSR count). The summed E-state index contributed by atoms with van der Waals surface area (Å²) >= 11 is 0. The number of aliphatic hydroxyl groups excluding tert-OH is 1. The predicted molar refractivity (Wildman–Crippen MR) is 73.3 cm³/mol. The first kappa shape index (κ1) is 16.1. The molecule has 0 aliphatic carbocycles. The largest absolute Gasteiger partial charge is 0.413 e. The number of rotatable bonds is 7. The van der Waals surface area contributed by atoms with Crippen LogP contribution < -0.4 is 0 Å². The second-order valence-electron chi connectivity index (χ2n) is 5.69. The number of hydrogen-bond acceptors (Lipinski definition) is 2. The molecule has 0 aromatic carbocycles.